The van der Waals surface area contributed by atoms with Crippen LogP contribution in [0.1, 0.15) is 12.8 Å². The average Bonchev–Trinajstić information content (AvgIpc) is 2.71. The molecular weight excluding hydrogens is 230 g/mol. The van der Waals surface area contributed by atoms with Gasteiger partial charge in [-0.15, -0.1) is 12.4 Å². The number of carbonyl (C=O) groups is 1. The molecule has 2 heterocycles. The zero-order valence-electron chi connectivity index (χ0n) is 9.35. The van der Waals surface area contributed by atoms with E-state index >= 15 is 0 Å². The van der Waals surface area contributed by atoms with Crippen molar-refractivity contribution in [3.8, 4) is 0 Å². The maximum atomic E-state index is 11.0. The molecule has 2 fully saturated rings. The summed E-state index contributed by atoms with van der Waals surface area (Å²) in [5, 5.41) is 3.45. The molecule has 94 valence electrons. The minimum Gasteiger partial charge on any atom is -0.367 e. The molecule has 5 nitrogen and oxygen atoms in total. The molecule has 3 N–H and O–H groups in total. The molecule has 0 aromatic carbocycles. The van der Waals surface area contributed by atoms with Crippen LogP contribution in [0.3, 0.4) is 0 Å². The normalized spacial score (nSPS) is 31.0. The van der Waals surface area contributed by atoms with Crippen LogP contribution in [0, 0.1) is 0 Å². The standard InChI is InChI=1S/C10H19N3O2.ClH/c11-10(14)9-7-13(4-5-15-9)6-8-2-1-3-12-8;/h8-9,12H,1-7H2,(H2,11,14);1H/t8-,9?;/m1./s1. The largest absolute Gasteiger partial charge is 0.367 e. The molecule has 2 atom stereocenters. The molecule has 2 aliphatic rings. The van der Waals surface area contributed by atoms with Gasteiger partial charge in [-0.2, -0.15) is 0 Å². The molecule has 0 bridgehead atoms. The number of ether oxygens (including phenoxy) is 1. The minimum absolute atomic E-state index is 0. The van der Waals surface area contributed by atoms with Crippen LogP contribution >= 0.6 is 12.4 Å². The van der Waals surface area contributed by atoms with Crippen molar-refractivity contribution in [1.82, 2.24) is 10.2 Å². The summed E-state index contributed by atoms with van der Waals surface area (Å²) in [6, 6.07) is 0.580. The van der Waals surface area contributed by atoms with E-state index in [4.69, 9.17) is 10.5 Å². The topological polar surface area (TPSA) is 67.6 Å². The van der Waals surface area contributed by atoms with Crippen molar-refractivity contribution in [3.05, 3.63) is 0 Å². The van der Waals surface area contributed by atoms with Crippen LogP contribution in [-0.4, -0.2) is 55.7 Å². The fourth-order valence-corrected chi connectivity index (χ4v) is 2.26. The lowest BCUT2D eigenvalue weighted by atomic mass is 10.2. The highest BCUT2D eigenvalue weighted by molar-refractivity contribution is 5.85. The third-order valence-corrected chi connectivity index (χ3v) is 3.11. The number of amides is 1. The van der Waals surface area contributed by atoms with Crippen molar-refractivity contribution in [2.45, 2.75) is 25.0 Å². The van der Waals surface area contributed by atoms with Crippen molar-refractivity contribution in [2.24, 2.45) is 5.73 Å². The average molecular weight is 250 g/mol. The van der Waals surface area contributed by atoms with Crippen LogP contribution in [0.5, 0.6) is 0 Å². The Kier molecular flexibility index (Phi) is 5.48. The predicted octanol–water partition coefficient (Wildman–Crippen LogP) is -0.654. The van der Waals surface area contributed by atoms with Gasteiger partial charge in [0.2, 0.25) is 5.91 Å². The Balaban J connectivity index is 0.00000128. The molecule has 16 heavy (non-hydrogen) atoms. The Morgan fingerprint density at radius 1 is 1.56 bits per heavy atom. The van der Waals surface area contributed by atoms with Gasteiger partial charge in [0.15, 0.2) is 0 Å². The third kappa shape index (κ3) is 3.59. The van der Waals surface area contributed by atoms with Gasteiger partial charge >= 0.3 is 0 Å². The van der Waals surface area contributed by atoms with Crippen molar-refractivity contribution in [1.29, 1.82) is 0 Å². The van der Waals surface area contributed by atoms with E-state index < -0.39 is 6.10 Å². The minimum atomic E-state index is -0.417. The highest BCUT2D eigenvalue weighted by Gasteiger charge is 2.26. The van der Waals surface area contributed by atoms with E-state index in [1.54, 1.807) is 0 Å². The number of primary amides is 1. The molecule has 0 aromatic heterocycles. The predicted molar refractivity (Wildman–Crippen MR) is 63.6 cm³/mol. The number of hydrogen-bond acceptors (Lipinski definition) is 4. The van der Waals surface area contributed by atoms with Gasteiger partial charge in [-0.1, -0.05) is 0 Å². The number of hydrogen-bond donors (Lipinski definition) is 2. The highest BCUT2D eigenvalue weighted by Crippen LogP contribution is 2.10. The van der Waals surface area contributed by atoms with E-state index in [-0.39, 0.29) is 18.3 Å². The maximum Gasteiger partial charge on any atom is 0.247 e. The van der Waals surface area contributed by atoms with Crippen LogP contribution in [0.15, 0.2) is 0 Å². The van der Waals surface area contributed by atoms with E-state index in [2.05, 4.69) is 10.2 Å². The van der Waals surface area contributed by atoms with Gasteiger partial charge in [0, 0.05) is 25.7 Å². The van der Waals surface area contributed by atoms with Crippen molar-refractivity contribution in [3.63, 3.8) is 0 Å². The molecule has 0 radical (unpaired) electrons. The number of rotatable bonds is 3. The molecule has 0 aliphatic carbocycles. The van der Waals surface area contributed by atoms with E-state index in [1.807, 2.05) is 0 Å². The van der Waals surface area contributed by atoms with Crippen LogP contribution in [0.25, 0.3) is 0 Å². The Morgan fingerprint density at radius 2 is 2.38 bits per heavy atom. The van der Waals surface area contributed by atoms with Gasteiger partial charge in [0.1, 0.15) is 6.10 Å². The molecule has 2 saturated heterocycles. The Morgan fingerprint density at radius 3 is 3.00 bits per heavy atom. The number of nitrogens with one attached hydrogen (secondary N) is 1. The first kappa shape index (κ1) is 13.7. The van der Waals surface area contributed by atoms with Crippen molar-refractivity contribution in [2.75, 3.05) is 32.8 Å². The lowest BCUT2D eigenvalue weighted by Crippen LogP contribution is -2.51. The lowest BCUT2D eigenvalue weighted by molar-refractivity contribution is -0.135. The number of nitrogens with two attached hydrogens (primary N) is 1. The summed E-state index contributed by atoms with van der Waals surface area (Å²) < 4.78 is 5.30. The van der Waals surface area contributed by atoms with E-state index in [1.165, 1.54) is 12.8 Å². The van der Waals surface area contributed by atoms with Crippen molar-refractivity contribution < 1.29 is 9.53 Å². The number of carbonyl (C=O) groups excluding carboxylic acids is 1. The Hall–Kier alpha value is -0.360. The SMILES string of the molecule is Cl.NC(=O)C1CN(C[C@H]2CCCN2)CCO1. The highest BCUT2D eigenvalue weighted by atomic mass is 35.5. The van der Waals surface area contributed by atoms with E-state index in [0.717, 1.165) is 19.6 Å². The van der Waals surface area contributed by atoms with E-state index in [9.17, 15) is 4.79 Å². The summed E-state index contributed by atoms with van der Waals surface area (Å²) in [6.45, 7) is 4.29. The second-order valence-electron chi connectivity index (χ2n) is 4.31. The smallest absolute Gasteiger partial charge is 0.247 e. The first-order chi connectivity index (χ1) is 7.25. The molecule has 1 unspecified atom stereocenters. The Bertz CT molecular complexity index is 234. The summed E-state index contributed by atoms with van der Waals surface area (Å²) in [5.74, 6) is -0.348. The summed E-state index contributed by atoms with van der Waals surface area (Å²) in [4.78, 5) is 13.3. The first-order valence-corrected chi connectivity index (χ1v) is 5.62. The zero-order valence-corrected chi connectivity index (χ0v) is 10.2. The maximum absolute atomic E-state index is 11.0. The first-order valence-electron chi connectivity index (χ1n) is 5.62. The van der Waals surface area contributed by atoms with Gasteiger partial charge < -0.3 is 15.8 Å². The molecule has 6 heteroatoms. The zero-order chi connectivity index (χ0) is 10.7. The molecule has 0 aromatic rings. The molecule has 0 saturated carbocycles. The monoisotopic (exact) mass is 249 g/mol. The second kappa shape index (κ2) is 6.39. The van der Waals surface area contributed by atoms with Gasteiger partial charge in [-0.3, -0.25) is 9.69 Å². The third-order valence-electron chi connectivity index (χ3n) is 3.11. The van der Waals surface area contributed by atoms with Crippen LogP contribution in [0.4, 0.5) is 0 Å². The fourth-order valence-electron chi connectivity index (χ4n) is 2.26. The number of morpholine rings is 1. The van der Waals surface area contributed by atoms with Crippen LogP contribution < -0.4 is 11.1 Å². The summed E-state index contributed by atoms with van der Waals surface area (Å²) in [5.41, 5.74) is 5.23. The van der Waals surface area contributed by atoms with Gasteiger partial charge in [-0.05, 0) is 19.4 Å². The summed E-state index contributed by atoms with van der Waals surface area (Å²) in [7, 11) is 0. The van der Waals surface area contributed by atoms with Gasteiger partial charge in [0.25, 0.3) is 0 Å². The second-order valence-corrected chi connectivity index (χ2v) is 4.31. The fraction of sp³-hybridized carbons (Fsp3) is 0.900. The van der Waals surface area contributed by atoms with Gasteiger partial charge in [-0.25, -0.2) is 0 Å². The quantitative estimate of drug-likeness (QED) is 0.697. The Labute approximate surface area is 102 Å². The lowest BCUT2D eigenvalue weighted by Gasteiger charge is -2.32. The molecular formula is C10H20ClN3O2. The van der Waals surface area contributed by atoms with Crippen LogP contribution in [0.2, 0.25) is 0 Å². The van der Waals surface area contributed by atoms with Crippen LogP contribution in [-0.2, 0) is 9.53 Å². The molecule has 1 amide bonds. The van der Waals surface area contributed by atoms with Crippen molar-refractivity contribution >= 4 is 18.3 Å². The molecule has 2 rings (SSSR count). The van der Waals surface area contributed by atoms with E-state index in [0.29, 0.717) is 19.2 Å². The summed E-state index contributed by atoms with van der Waals surface area (Å²) >= 11 is 0. The number of nitrogens with zero attached hydrogens (tertiary/aromatic N) is 1. The molecule has 0 spiro atoms. The summed E-state index contributed by atoms with van der Waals surface area (Å²) in [6.07, 6.45) is 2.08. The van der Waals surface area contributed by atoms with Gasteiger partial charge in [0.05, 0.1) is 6.61 Å². The number of halogens is 1. The molecule has 2 aliphatic heterocycles.